The van der Waals surface area contributed by atoms with E-state index >= 15 is 0 Å². The molecule has 0 aliphatic rings. The first-order valence-electron chi connectivity index (χ1n) is 10.9. The highest BCUT2D eigenvalue weighted by Gasteiger charge is 2.13. The number of rotatable bonds is 8. The van der Waals surface area contributed by atoms with Gasteiger partial charge in [0.15, 0.2) is 9.84 Å². The zero-order valence-corrected chi connectivity index (χ0v) is 20.4. The molecule has 37 heavy (non-hydrogen) atoms. The molecule has 2 N–H and O–H groups in total. The van der Waals surface area contributed by atoms with Crippen molar-refractivity contribution >= 4 is 43.8 Å². The molecule has 1 aromatic heterocycles. The van der Waals surface area contributed by atoms with Crippen LogP contribution in [-0.4, -0.2) is 38.0 Å². The standard InChI is InChI=1S/C26H21FN4O5S/c1-28-23-15-21-22(16-25(23)35-13-14-37(2,33)34)29-12-11-24(21)36-20-9-7-19(8-10-20)31-26(32)30-18-5-3-17(27)4-6-18/h3-12,15-16H,13-14H2,2H3,(H2,30,31,32). The van der Waals surface area contributed by atoms with E-state index in [1.54, 1.807) is 48.7 Å². The topological polar surface area (TPSA) is 111 Å². The van der Waals surface area contributed by atoms with Crippen LogP contribution in [0.5, 0.6) is 17.2 Å². The molecule has 0 unspecified atom stereocenters. The molecule has 4 aromatic rings. The van der Waals surface area contributed by atoms with Crippen molar-refractivity contribution < 1.29 is 27.1 Å². The van der Waals surface area contributed by atoms with E-state index in [-0.39, 0.29) is 23.8 Å². The number of pyridine rings is 1. The number of carbonyl (C=O) groups excluding carboxylic acids is 1. The second kappa shape index (κ2) is 10.9. The van der Waals surface area contributed by atoms with Crippen LogP contribution in [0.3, 0.4) is 0 Å². The van der Waals surface area contributed by atoms with Gasteiger partial charge in [0.05, 0.1) is 17.8 Å². The Labute approximate surface area is 212 Å². The zero-order chi connectivity index (χ0) is 26.4. The Morgan fingerprint density at radius 2 is 1.65 bits per heavy atom. The maximum atomic E-state index is 13.0. The summed E-state index contributed by atoms with van der Waals surface area (Å²) in [6, 6.07) is 16.4. The number of amides is 2. The molecule has 0 saturated heterocycles. The van der Waals surface area contributed by atoms with Gasteiger partial charge in [-0.2, -0.15) is 0 Å². The number of anilines is 2. The van der Waals surface area contributed by atoms with Crippen molar-refractivity contribution in [2.45, 2.75) is 0 Å². The van der Waals surface area contributed by atoms with Crippen LogP contribution in [0.2, 0.25) is 0 Å². The van der Waals surface area contributed by atoms with Gasteiger partial charge in [-0.15, -0.1) is 0 Å². The first-order valence-corrected chi connectivity index (χ1v) is 13.0. The summed E-state index contributed by atoms with van der Waals surface area (Å²) in [4.78, 5) is 20.0. The van der Waals surface area contributed by atoms with Crippen LogP contribution in [0.4, 0.5) is 26.2 Å². The van der Waals surface area contributed by atoms with Crippen LogP contribution < -0.4 is 20.1 Å². The Morgan fingerprint density at radius 3 is 2.27 bits per heavy atom. The van der Waals surface area contributed by atoms with Gasteiger partial charge in [0.25, 0.3) is 0 Å². The van der Waals surface area contributed by atoms with Gasteiger partial charge in [0.2, 0.25) is 5.69 Å². The largest absolute Gasteiger partial charge is 0.503 e. The molecule has 0 radical (unpaired) electrons. The molecule has 4 rings (SSSR count). The van der Waals surface area contributed by atoms with E-state index in [9.17, 15) is 17.6 Å². The van der Waals surface area contributed by atoms with E-state index < -0.39 is 21.7 Å². The molecule has 9 nitrogen and oxygen atoms in total. The quantitative estimate of drug-likeness (QED) is 0.285. The Balaban J connectivity index is 1.46. The lowest BCUT2D eigenvalue weighted by atomic mass is 10.1. The van der Waals surface area contributed by atoms with Gasteiger partial charge in [-0.25, -0.2) is 22.4 Å². The molecule has 0 aliphatic heterocycles. The number of aromatic nitrogens is 1. The number of hydrogen-bond donors (Lipinski definition) is 2. The fourth-order valence-corrected chi connectivity index (χ4v) is 3.68. The highest BCUT2D eigenvalue weighted by molar-refractivity contribution is 7.90. The minimum absolute atomic E-state index is 0.0780. The van der Waals surface area contributed by atoms with E-state index in [0.717, 1.165) is 6.26 Å². The molecular formula is C26H21FN4O5S. The van der Waals surface area contributed by atoms with Gasteiger partial charge in [-0.1, -0.05) is 0 Å². The lowest BCUT2D eigenvalue weighted by Gasteiger charge is -2.13. The third-order valence-corrected chi connectivity index (χ3v) is 5.96. The number of urea groups is 1. The normalized spacial score (nSPS) is 10.9. The predicted molar refractivity (Wildman–Crippen MR) is 139 cm³/mol. The summed E-state index contributed by atoms with van der Waals surface area (Å²) in [5.74, 6) is 0.609. The second-order valence-electron chi connectivity index (χ2n) is 7.95. The number of benzene rings is 3. The lowest BCUT2D eigenvalue weighted by molar-refractivity contribution is 0.262. The van der Waals surface area contributed by atoms with Crippen molar-refractivity contribution in [1.82, 2.24) is 4.98 Å². The molecule has 188 valence electrons. The van der Waals surface area contributed by atoms with Gasteiger partial charge in [0.1, 0.15) is 29.7 Å². The predicted octanol–water partition coefficient (Wildman–Crippen LogP) is 5.78. The van der Waals surface area contributed by atoms with E-state index in [1.165, 1.54) is 24.3 Å². The Kier molecular flexibility index (Phi) is 7.50. The maximum Gasteiger partial charge on any atom is 0.323 e. The summed E-state index contributed by atoms with van der Waals surface area (Å²) in [5.41, 5.74) is 1.67. The van der Waals surface area contributed by atoms with Crippen LogP contribution in [-0.2, 0) is 9.84 Å². The summed E-state index contributed by atoms with van der Waals surface area (Å²) in [5, 5.41) is 5.86. The van der Waals surface area contributed by atoms with Gasteiger partial charge in [0, 0.05) is 29.2 Å². The molecule has 2 amide bonds. The van der Waals surface area contributed by atoms with E-state index in [0.29, 0.717) is 33.8 Å². The van der Waals surface area contributed by atoms with Crippen molar-refractivity contribution in [1.29, 1.82) is 0 Å². The number of nitrogens with zero attached hydrogens (tertiary/aromatic N) is 2. The minimum Gasteiger partial charge on any atom is -0.503 e. The van der Waals surface area contributed by atoms with Gasteiger partial charge >= 0.3 is 6.03 Å². The number of hydrogen-bond acceptors (Lipinski definition) is 6. The monoisotopic (exact) mass is 520 g/mol. The third-order valence-electron chi connectivity index (χ3n) is 5.06. The van der Waals surface area contributed by atoms with E-state index in [4.69, 9.17) is 16.0 Å². The first-order chi connectivity index (χ1) is 17.7. The van der Waals surface area contributed by atoms with Crippen LogP contribution in [0.1, 0.15) is 0 Å². The molecule has 1 heterocycles. The molecule has 3 aromatic carbocycles. The SMILES string of the molecule is [C-]#[N+]c1cc2c(Oc3ccc(NC(=O)Nc4ccc(F)cc4)cc3)ccnc2cc1OCCS(C)(=O)=O. The average molecular weight is 521 g/mol. The highest BCUT2D eigenvalue weighted by atomic mass is 32.2. The Bertz CT molecular complexity index is 1580. The fraction of sp³-hybridized carbons (Fsp3) is 0.115. The highest BCUT2D eigenvalue weighted by Crippen LogP contribution is 2.37. The molecule has 11 heteroatoms. The van der Waals surface area contributed by atoms with E-state index in [1.807, 2.05) is 0 Å². The number of sulfone groups is 1. The van der Waals surface area contributed by atoms with Crippen LogP contribution in [0.15, 0.2) is 72.9 Å². The van der Waals surface area contributed by atoms with Crippen molar-refractivity contribution in [2.24, 2.45) is 0 Å². The summed E-state index contributed by atoms with van der Waals surface area (Å²) >= 11 is 0. The Hall–Kier alpha value is -4.69. The molecule has 0 saturated carbocycles. The van der Waals surface area contributed by atoms with Crippen LogP contribution >= 0.6 is 0 Å². The zero-order valence-electron chi connectivity index (χ0n) is 19.6. The summed E-state index contributed by atoms with van der Waals surface area (Å²) in [6.45, 7) is 7.40. The number of fused-ring (bicyclic) bond motifs is 1. The fourth-order valence-electron chi connectivity index (χ4n) is 3.29. The lowest BCUT2D eigenvalue weighted by Crippen LogP contribution is -2.19. The first kappa shape index (κ1) is 25.4. The molecule has 0 aliphatic carbocycles. The molecule has 0 fully saturated rings. The van der Waals surface area contributed by atoms with Gasteiger partial charge in [-0.3, -0.25) is 4.98 Å². The number of ether oxygens (including phenoxy) is 2. The smallest absolute Gasteiger partial charge is 0.323 e. The van der Waals surface area contributed by atoms with Crippen molar-refractivity contribution in [3.63, 3.8) is 0 Å². The summed E-state index contributed by atoms with van der Waals surface area (Å²) in [7, 11) is -3.20. The van der Waals surface area contributed by atoms with Gasteiger partial charge in [-0.05, 0) is 66.7 Å². The van der Waals surface area contributed by atoms with E-state index in [2.05, 4.69) is 20.5 Å². The van der Waals surface area contributed by atoms with Crippen LogP contribution in [0.25, 0.3) is 15.7 Å². The number of carbonyl (C=O) groups is 1. The number of nitrogens with one attached hydrogen (secondary N) is 2. The maximum absolute atomic E-state index is 13.0. The van der Waals surface area contributed by atoms with Crippen molar-refractivity contribution in [2.75, 3.05) is 29.2 Å². The second-order valence-corrected chi connectivity index (χ2v) is 10.2. The van der Waals surface area contributed by atoms with Gasteiger partial charge < -0.3 is 20.1 Å². The average Bonchev–Trinajstić information content (AvgIpc) is 2.85. The minimum atomic E-state index is -3.20. The molecular weight excluding hydrogens is 499 g/mol. The third kappa shape index (κ3) is 6.93. The molecule has 0 spiro atoms. The molecule has 0 bridgehead atoms. The van der Waals surface area contributed by atoms with Crippen LogP contribution in [0, 0.1) is 12.4 Å². The summed E-state index contributed by atoms with van der Waals surface area (Å²) < 4.78 is 47.3. The Morgan fingerprint density at radius 1 is 1.00 bits per heavy atom. The summed E-state index contributed by atoms with van der Waals surface area (Å²) in [6.07, 6.45) is 2.66. The molecule has 0 atom stereocenters. The van der Waals surface area contributed by atoms with Crippen molar-refractivity contribution in [3.8, 4) is 17.2 Å². The van der Waals surface area contributed by atoms with Crippen molar-refractivity contribution in [3.05, 3.63) is 90.2 Å². The number of halogens is 1.